The molecule has 1 aliphatic rings. The van der Waals surface area contributed by atoms with Crippen LogP contribution in [-0.2, 0) is 6.42 Å². The molecule has 0 amide bonds. The molecule has 2 N–H and O–H groups in total. The van der Waals surface area contributed by atoms with E-state index in [1.807, 2.05) is 18.3 Å². The lowest BCUT2D eigenvalue weighted by Gasteiger charge is -2.33. The molecule has 1 saturated carbocycles. The molecule has 0 unspecified atom stereocenters. The zero-order valence-electron chi connectivity index (χ0n) is 16.4. The van der Waals surface area contributed by atoms with E-state index in [0.29, 0.717) is 17.8 Å². The SMILES string of the molecule is NCC1CCC([C@H](Cc2ccccc2)c2nccc(-c3ccccc3)n2)CC1. The number of rotatable bonds is 6. The van der Waals surface area contributed by atoms with E-state index in [1.54, 1.807) is 0 Å². The Hall–Kier alpha value is -2.52. The van der Waals surface area contributed by atoms with Crippen molar-refractivity contribution in [2.24, 2.45) is 17.6 Å². The highest BCUT2D eigenvalue weighted by Gasteiger charge is 2.30. The van der Waals surface area contributed by atoms with E-state index < -0.39 is 0 Å². The van der Waals surface area contributed by atoms with Gasteiger partial charge in [0, 0.05) is 17.7 Å². The average Bonchev–Trinajstić information content (AvgIpc) is 2.79. The summed E-state index contributed by atoms with van der Waals surface area (Å²) in [6.07, 6.45) is 7.82. The van der Waals surface area contributed by atoms with Crippen molar-refractivity contribution in [3.05, 3.63) is 84.3 Å². The van der Waals surface area contributed by atoms with Crippen LogP contribution in [0.1, 0.15) is 43.0 Å². The summed E-state index contributed by atoms with van der Waals surface area (Å²) in [4.78, 5) is 9.76. The summed E-state index contributed by atoms with van der Waals surface area (Å²) in [5.74, 6) is 2.64. The maximum Gasteiger partial charge on any atom is 0.132 e. The van der Waals surface area contributed by atoms with Gasteiger partial charge in [-0.1, -0.05) is 60.7 Å². The predicted molar refractivity (Wildman–Crippen MR) is 115 cm³/mol. The van der Waals surface area contributed by atoms with Gasteiger partial charge in [-0.2, -0.15) is 0 Å². The monoisotopic (exact) mass is 371 g/mol. The Balaban J connectivity index is 1.63. The molecule has 3 nitrogen and oxygen atoms in total. The molecule has 144 valence electrons. The Morgan fingerprint density at radius 3 is 2.21 bits per heavy atom. The predicted octanol–water partition coefficient (Wildman–Crippen LogP) is 5.24. The van der Waals surface area contributed by atoms with Crippen molar-refractivity contribution in [2.75, 3.05) is 6.54 Å². The van der Waals surface area contributed by atoms with Gasteiger partial charge in [0.2, 0.25) is 0 Å². The molecule has 1 atom stereocenters. The fraction of sp³-hybridized carbons (Fsp3) is 0.360. The van der Waals surface area contributed by atoms with E-state index >= 15 is 0 Å². The van der Waals surface area contributed by atoms with Gasteiger partial charge in [-0.3, -0.25) is 0 Å². The van der Waals surface area contributed by atoms with Crippen LogP contribution >= 0.6 is 0 Å². The molecule has 1 aromatic heterocycles. The molecular weight excluding hydrogens is 342 g/mol. The quantitative estimate of drug-likeness (QED) is 0.645. The van der Waals surface area contributed by atoms with Crippen LogP contribution in [0.3, 0.4) is 0 Å². The van der Waals surface area contributed by atoms with Gasteiger partial charge in [0.1, 0.15) is 5.82 Å². The first-order chi connectivity index (χ1) is 13.8. The molecule has 3 aromatic rings. The number of nitrogens with zero attached hydrogens (tertiary/aromatic N) is 2. The van der Waals surface area contributed by atoms with Crippen LogP contribution in [0.25, 0.3) is 11.3 Å². The second-order valence-corrected chi connectivity index (χ2v) is 7.98. The summed E-state index contributed by atoms with van der Waals surface area (Å²) in [5.41, 5.74) is 9.44. The van der Waals surface area contributed by atoms with Crippen molar-refractivity contribution in [1.82, 2.24) is 9.97 Å². The first kappa shape index (κ1) is 18.8. The van der Waals surface area contributed by atoms with Gasteiger partial charge in [-0.05, 0) is 62.1 Å². The van der Waals surface area contributed by atoms with E-state index in [9.17, 15) is 0 Å². The lowest BCUT2D eigenvalue weighted by atomic mass is 9.73. The third kappa shape index (κ3) is 4.48. The van der Waals surface area contributed by atoms with Crippen molar-refractivity contribution in [2.45, 2.75) is 38.0 Å². The Labute approximate surface area is 168 Å². The molecular formula is C25H29N3. The van der Waals surface area contributed by atoms with E-state index in [-0.39, 0.29) is 0 Å². The van der Waals surface area contributed by atoms with Gasteiger partial charge >= 0.3 is 0 Å². The lowest BCUT2D eigenvalue weighted by molar-refractivity contribution is 0.240. The molecule has 0 saturated heterocycles. The smallest absolute Gasteiger partial charge is 0.132 e. The summed E-state index contributed by atoms with van der Waals surface area (Å²) in [6, 6.07) is 23.2. The largest absolute Gasteiger partial charge is 0.330 e. The summed E-state index contributed by atoms with van der Waals surface area (Å²) >= 11 is 0. The number of benzene rings is 2. The molecule has 1 heterocycles. The minimum absolute atomic E-state index is 0.352. The molecule has 2 aromatic carbocycles. The van der Waals surface area contributed by atoms with Crippen molar-refractivity contribution < 1.29 is 0 Å². The minimum Gasteiger partial charge on any atom is -0.330 e. The fourth-order valence-electron chi connectivity index (χ4n) is 4.49. The first-order valence-corrected chi connectivity index (χ1v) is 10.5. The van der Waals surface area contributed by atoms with E-state index in [2.05, 4.69) is 54.6 Å². The Morgan fingerprint density at radius 1 is 0.857 bits per heavy atom. The van der Waals surface area contributed by atoms with Crippen molar-refractivity contribution >= 4 is 0 Å². The van der Waals surface area contributed by atoms with Crippen LogP contribution in [0.5, 0.6) is 0 Å². The summed E-state index contributed by atoms with van der Waals surface area (Å²) in [6.45, 7) is 0.816. The van der Waals surface area contributed by atoms with Gasteiger partial charge < -0.3 is 5.73 Å². The minimum atomic E-state index is 0.352. The number of nitrogens with two attached hydrogens (primary N) is 1. The highest BCUT2D eigenvalue weighted by Crippen LogP contribution is 2.39. The van der Waals surface area contributed by atoms with Gasteiger partial charge in [-0.25, -0.2) is 9.97 Å². The second-order valence-electron chi connectivity index (χ2n) is 7.98. The maximum absolute atomic E-state index is 5.92. The zero-order valence-corrected chi connectivity index (χ0v) is 16.4. The zero-order chi connectivity index (χ0) is 19.2. The maximum atomic E-state index is 5.92. The standard InChI is InChI=1S/C25H29N3/c26-18-20-11-13-21(14-12-20)23(17-19-7-3-1-4-8-19)25-27-16-15-24(28-25)22-9-5-2-6-10-22/h1-10,15-16,20-21,23H,11-14,17-18,26H2/t20?,21?,23-/m0/s1. The first-order valence-electron chi connectivity index (χ1n) is 10.5. The second kappa shape index (κ2) is 9.11. The Kier molecular flexibility index (Phi) is 6.13. The molecule has 0 bridgehead atoms. The number of aromatic nitrogens is 2. The normalized spacial score (nSPS) is 20.6. The molecule has 1 fully saturated rings. The Bertz CT molecular complexity index is 855. The number of hydrogen-bond acceptors (Lipinski definition) is 3. The molecule has 1 aliphatic carbocycles. The summed E-state index contributed by atoms with van der Waals surface area (Å²) in [7, 11) is 0. The van der Waals surface area contributed by atoms with Crippen molar-refractivity contribution in [3.8, 4) is 11.3 Å². The molecule has 0 spiro atoms. The van der Waals surface area contributed by atoms with Crippen molar-refractivity contribution in [1.29, 1.82) is 0 Å². The van der Waals surface area contributed by atoms with Crippen molar-refractivity contribution in [3.63, 3.8) is 0 Å². The topological polar surface area (TPSA) is 51.8 Å². The highest BCUT2D eigenvalue weighted by molar-refractivity contribution is 5.58. The van der Waals surface area contributed by atoms with E-state index in [0.717, 1.165) is 30.0 Å². The van der Waals surface area contributed by atoms with Crippen LogP contribution < -0.4 is 5.73 Å². The molecule has 28 heavy (non-hydrogen) atoms. The summed E-state index contributed by atoms with van der Waals surface area (Å²) in [5, 5.41) is 0. The van der Waals surface area contributed by atoms with Gasteiger partial charge in [0.05, 0.1) is 5.69 Å². The van der Waals surface area contributed by atoms with Gasteiger partial charge in [-0.15, -0.1) is 0 Å². The van der Waals surface area contributed by atoms with Crippen LogP contribution in [0.2, 0.25) is 0 Å². The molecule has 3 heteroatoms. The molecule has 0 aliphatic heterocycles. The fourth-order valence-corrected chi connectivity index (χ4v) is 4.49. The van der Waals surface area contributed by atoms with E-state index in [4.69, 9.17) is 15.7 Å². The molecule has 0 radical (unpaired) electrons. The van der Waals surface area contributed by atoms with Crippen LogP contribution in [0.4, 0.5) is 0 Å². The average molecular weight is 372 g/mol. The lowest BCUT2D eigenvalue weighted by Crippen LogP contribution is -2.26. The van der Waals surface area contributed by atoms with E-state index in [1.165, 1.54) is 31.2 Å². The van der Waals surface area contributed by atoms with Gasteiger partial charge in [0.25, 0.3) is 0 Å². The van der Waals surface area contributed by atoms with Crippen LogP contribution in [0.15, 0.2) is 72.9 Å². The Morgan fingerprint density at radius 2 is 1.54 bits per heavy atom. The highest BCUT2D eigenvalue weighted by atomic mass is 14.9. The third-order valence-corrected chi connectivity index (χ3v) is 6.17. The molecule has 4 rings (SSSR count). The third-order valence-electron chi connectivity index (χ3n) is 6.17. The van der Waals surface area contributed by atoms with Crippen LogP contribution in [-0.4, -0.2) is 16.5 Å². The van der Waals surface area contributed by atoms with Gasteiger partial charge in [0.15, 0.2) is 0 Å². The summed E-state index contributed by atoms with van der Waals surface area (Å²) < 4.78 is 0. The number of hydrogen-bond donors (Lipinski definition) is 1. The van der Waals surface area contributed by atoms with Crippen LogP contribution in [0, 0.1) is 11.8 Å².